The van der Waals surface area contributed by atoms with Gasteiger partial charge in [0.1, 0.15) is 0 Å². The molecule has 1 heterocycles. The van der Waals surface area contributed by atoms with Crippen LogP contribution in [0.1, 0.15) is 10.4 Å². The molecule has 2 N–H and O–H groups in total. The fraction of sp³-hybridized carbons (Fsp3) is 0.0500. The second kappa shape index (κ2) is 10.9. The van der Waals surface area contributed by atoms with Crippen molar-refractivity contribution in [2.45, 2.75) is 6.92 Å². The van der Waals surface area contributed by atoms with Gasteiger partial charge in [-0.25, -0.2) is 0 Å². The molecular formula is C40H31NS. The van der Waals surface area contributed by atoms with E-state index in [9.17, 15) is 0 Å². The van der Waals surface area contributed by atoms with Gasteiger partial charge in [0.2, 0.25) is 0 Å². The summed E-state index contributed by atoms with van der Waals surface area (Å²) in [5.41, 5.74) is 14.4. The Balaban J connectivity index is 1.39. The molecule has 42 heavy (non-hydrogen) atoms. The lowest BCUT2D eigenvalue weighted by molar-refractivity contribution is 1.26. The monoisotopic (exact) mass is 557 g/mol. The summed E-state index contributed by atoms with van der Waals surface area (Å²) in [6.07, 6.45) is 3.90. The minimum atomic E-state index is 0.505. The van der Waals surface area contributed by atoms with Crippen molar-refractivity contribution in [3.63, 3.8) is 0 Å². The standard InChI is InChI=1S/C40H31NS/c1-3-27(22-23-41)37-20-21-38(42-37)28-14-16-29(17-15-28)39-33-8-4-6-10-35(33)40(36-11-7-5-9-34(36)39)32-19-18-30-24-26(2)12-13-31(30)25-32/h3-22,24-25H,1,23,41H2,2H3/b27-22+. The normalized spacial score (nSPS) is 11.9. The molecule has 0 fully saturated rings. The van der Waals surface area contributed by atoms with Crippen LogP contribution >= 0.6 is 11.3 Å². The first kappa shape index (κ1) is 26.2. The minimum Gasteiger partial charge on any atom is -0.327 e. The van der Waals surface area contributed by atoms with Gasteiger partial charge in [0, 0.05) is 16.3 Å². The molecule has 0 amide bonds. The van der Waals surface area contributed by atoms with E-state index < -0.39 is 0 Å². The summed E-state index contributed by atoms with van der Waals surface area (Å²) in [4.78, 5) is 2.42. The Labute approximate surface area is 250 Å². The molecule has 0 saturated carbocycles. The van der Waals surface area contributed by atoms with E-state index in [1.165, 1.54) is 75.5 Å². The highest BCUT2D eigenvalue weighted by Gasteiger charge is 2.17. The zero-order valence-corrected chi connectivity index (χ0v) is 24.4. The minimum absolute atomic E-state index is 0.505. The quantitative estimate of drug-likeness (QED) is 0.160. The zero-order chi connectivity index (χ0) is 28.6. The van der Waals surface area contributed by atoms with Crippen molar-refractivity contribution >= 4 is 49.2 Å². The molecule has 2 heteroatoms. The number of hydrogen-bond acceptors (Lipinski definition) is 2. The van der Waals surface area contributed by atoms with Gasteiger partial charge in [0.15, 0.2) is 0 Å². The van der Waals surface area contributed by atoms with Crippen molar-refractivity contribution < 1.29 is 0 Å². The molecule has 7 aromatic rings. The number of allylic oxidation sites excluding steroid dienone is 2. The van der Waals surface area contributed by atoms with E-state index in [1.807, 2.05) is 12.2 Å². The Morgan fingerprint density at radius 2 is 1.19 bits per heavy atom. The highest BCUT2D eigenvalue weighted by Crippen LogP contribution is 2.44. The van der Waals surface area contributed by atoms with Gasteiger partial charge in [-0.1, -0.05) is 127 Å². The molecule has 0 radical (unpaired) electrons. The highest BCUT2D eigenvalue weighted by atomic mass is 32.1. The van der Waals surface area contributed by atoms with Crippen LogP contribution in [0.5, 0.6) is 0 Å². The van der Waals surface area contributed by atoms with Crippen molar-refractivity contribution in [1.82, 2.24) is 0 Å². The number of benzene rings is 6. The first-order valence-electron chi connectivity index (χ1n) is 14.3. The predicted molar refractivity (Wildman–Crippen MR) is 185 cm³/mol. The van der Waals surface area contributed by atoms with Gasteiger partial charge in [0.05, 0.1) is 0 Å². The maximum Gasteiger partial charge on any atom is 0.0349 e. The number of aryl methyl sites for hydroxylation is 1. The van der Waals surface area contributed by atoms with Gasteiger partial charge in [-0.15, -0.1) is 11.3 Å². The smallest absolute Gasteiger partial charge is 0.0349 e. The van der Waals surface area contributed by atoms with Gasteiger partial charge in [-0.3, -0.25) is 0 Å². The summed E-state index contributed by atoms with van der Waals surface area (Å²) in [7, 11) is 0. The lowest BCUT2D eigenvalue weighted by Crippen LogP contribution is -1.93. The molecular weight excluding hydrogens is 527 g/mol. The molecule has 0 bridgehead atoms. The molecule has 0 aliphatic carbocycles. The molecule has 7 rings (SSSR count). The fourth-order valence-corrected chi connectivity index (χ4v) is 7.18. The number of hydrogen-bond donors (Lipinski definition) is 1. The van der Waals surface area contributed by atoms with Gasteiger partial charge >= 0.3 is 0 Å². The van der Waals surface area contributed by atoms with Crippen LogP contribution in [0.15, 0.2) is 140 Å². The molecule has 0 spiro atoms. The van der Waals surface area contributed by atoms with E-state index in [2.05, 4.69) is 135 Å². The number of thiophene rings is 1. The molecule has 1 nitrogen and oxygen atoms in total. The van der Waals surface area contributed by atoms with Crippen LogP contribution in [0.3, 0.4) is 0 Å². The molecule has 0 unspecified atom stereocenters. The summed E-state index contributed by atoms with van der Waals surface area (Å²) in [5, 5.41) is 7.62. The Kier molecular flexibility index (Phi) is 6.79. The summed E-state index contributed by atoms with van der Waals surface area (Å²) in [6, 6.07) is 44.6. The largest absolute Gasteiger partial charge is 0.327 e. The van der Waals surface area contributed by atoms with Crippen LogP contribution in [-0.4, -0.2) is 6.54 Å². The molecule has 202 valence electrons. The summed E-state index contributed by atoms with van der Waals surface area (Å²) < 4.78 is 0. The lowest BCUT2D eigenvalue weighted by atomic mass is 9.85. The maximum atomic E-state index is 5.76. The first-order chi connectivity index (χ1) is 20.6. The first-order valence-corrected chi connectivity index (χ1v) is 15.1. The van der Waals surface area contributed by atoms with Gasteiger partial charge in [0.25, 0.3) is 0 Å². The van der Waals surface area contributed by atoms with Crippen molar-refractivity contribution in [2.24, 2.45) is 5.73 Å². The van der Waals surface area contributed by atoms with E-state index in [1.54, 1.807) is 11.3 Å². The van der Waals surface area contributed by atoms with E-state index in [0.29, 0.717) is 6.54 Å². The molecule has 0 aliphatic heterocycles. The van der Waals surface area contributed by atoms with Crippen LogP contribution in [0, 0.1) is 6.92 Å². The number of nitrogens with two attached hydrogens (primary N) is 1. The Hall–Kier alpha value is -4.76. The Morgan fingerprint density at radius 3 is 1.81 bits per heavy atom. The van der Waals surface area contributed by atoms with Gasteiger partial charge in [-0.05, 0) is 90.8 Å². The topological polar surface area (TPSA) is 26.0 Å². The molecule has 0 atom stereocenters. The van der Waals surface area contributed by atoms with Gasteiger partial charge < -0.3 is 5.73 Å². The van der Waals surface area contributed by atoms with Crippen LogP contribution in [0.4, 0.5) is 0 Å². The SMILES string of the molecule is C=C/C(=C\CN)c1ccc(-c2ccc(-c3c4ccccc4c(-c4ccc5cc(C)ccc5c4)c4ccccc34)cc2)s1. The van der Waals surface area contributed by atoms with E-state index in [0.717, 1.165) is 5.57 Å². The fourth-order valence-electron chi connectivity index (χ4n) is 6.13. The third kappa shape index (κ3) is 4.55. The van der Waals surface area contributed by atoms with Crippen LogP contribution in [0.2, 0.25) is 0 Å². The van der Waals surface area contributed by atoms with Crippen molar-refractivity contribution in [3.05, 3.63) is 150 Å². The zero-order valence-electron chi connectivity index (χ0n) is 23.6. The number of rotatable bonds is 6. The van der Waals surface area contributed by atoms with Crippen molar-refractivity contribution in [2.75, 3.05) is 6.54 Å². The molecule has 1 aromatic heterocycles. The van der Waals surface area contributed by atoms with E-state index in [-0.39, 0.29) is 0 Å². The van der Waals surface area contributed by atoms with Crippen LogP contribution in [0.25, 0.3) is 70.6 Å². The predicted octanol–water partition coefficient (Wildman–Crippen LogP) is 11.0. The summed E-state index contributed by atoms with van der Waals surface area (Å²) in [6.45, 7) is 6.61. The van der Waals surface area contributed by atoms with Crippen molar-refractivity contribution in [1.29, 1.82) is 0 Å². The average Bonchev–Trinajstić information content (AvgIpc) is 3.52. The van der Waals surface area contributed by atoms with Crippen molar-refractivity contribution in [3.8, 4) is 32.7 Å². The molecule has 0 saturated heterocycles. The van der Waals surface area contributed by atoms with Gasteiger partial charge in [-0.2, -0.15) is 0 Å². The van der Waals surface area contributed by atoms with E-state index >= 15 is 0 Å². The maximum absolute atomic E-state index is 5.76. The molecule has 6 aromatic carbocycles. The Morgan fingerprint density at radius 1 is 0.643 bits per heavy atom. The lowest BCUT2D eigenvalue weighted by Gasteiger charge is -2.18. The number of fused-ring (bicyclic) bond motifs is 3. The summed E-state index contributed by atoms with van der Waals surface area (Å²) in [5.74, 6) is 0. The van der Waals surface area contributed by atoms with Crippen LogP contribution < -0.4 is 5.73 Å². The second-order valence-corrected chi connectivity index (χ2v) is 11.8. The molecule has 0 aliphatic rings. The highest BCUT2D eigenvalue weighted by molar-refractivity contribution is 7.16. The summed E-state index contributed by atoms with van der Waals surface area (Å²) >= 11 is 1.77. The van der Waals surface area contributed by atoms with Crippen LogP contribution in [-0.2, 0) is 0 Å². The second-order valence-electron chi connectivity index (χ2n) is 10.7. The average molecular weight is 558 g/mol. The Bertz CT molecular complexity index is 2090. The third-order valence-corrected chi connectivity index (χ3v) is 9.31. The third-order valence-electron chi connectivity index (χ3n) is 8.12. The van der Waals surface area contributed by atoms with E-state index in [4.69, 9.17) is 5.73 Å².